The number of alkyl halides is 3. The summed E-state index contributed by atoms with van der Waals surface area (Å²) >= 11 is 0. The van der Waals surface area contributed by atoms with Crippen LogP contribution < -0.4 is 11.1 Å². The number of amides is 1. The fourth-order valence-electron chi connectivity index (χ4n) is 1.66. The molecule has 0 bridgehead atoms. The summed E-state index contributed by atoms with van der Waals surface area (Å²) in [5, 5.41) is 10.9. The van der Waals surface area contributed by atoms with Gasteiger partial charge in [-0.05, 0) is 11.6 Å². The molecule has 19 heavy (non-hydrogen) atoms. The van der Waals surface area contributed by atoms with E-state index in [0.717, 1.165) is 6.07 Å². The Bertz CT molecular complexity index is 435. The summed E-state index contributed by atoms with van der Waals surface area (Å²) in [7, 11) is 0. The molecule has 1 aromatic rings. The van der Waals surface area contributed by atoms with Crippen LogP contribution in [0.25, 0.3) is 0 Å². The molecule has 0 saturated carbocycles. The molecule has 0 aliphatic rings. The zero-order valence-electron chi connectivity index (χ0n) is 10.1. The van der Waals surface area contributed by atoms with Gasteiger partial charge in [0.25, 0.3) is 0 Å². The van der Waals surface area contributed by atoms with Crippen LogP contribution in [0.3, 0.4) is 0 Å². The average Bonchev–Trinajstić information content (AvgIpc) is 2.35. The second kappa shape index (κ2) is 6.53. The lowest BCUT2D eigenvalue weighted by molar-refractivity contribution is -0.138. The summed E-state index contributed by atoms with van der Waals surface area (Å²) in [6.07, 6.45) is -4.77. The van der Waals surface area contributed by atoms with Crippen LogP contribution in [0.1, 0.15) is 23.6 Å². The highest BCUT2D eigenvalue weighted by molar-refractivity contribution is 5.76. The summed E-state index contributed by atoms with van der Waals surface area (Å²) in [6, 6.07) is 3.85. The Morgan fingerprint density at radius 3 is 2.58 bits per heavy atom. The van der Waals surface area contributed by atoms with Crippen molar-refractivity contribution in [3.8, 4) is 0 Å². The first-order chi connectivity index (χ1) is 8.86. The van der Waals surface area contributed by atoms with E-state index >= 15 is 0 Å². The van der Waals surface area contributed by atoms with Crippen LogP contribution in [0.5, 0.6) is 0 Å². The van der Waals surface area contributed by atoms with Crippen molar-refractivity contribution >= 4 is 5.91 Å². The predicted molar refractivity (Wildman–Crippen MR) is 63.1 cm³/mol. The smallest absolute Gasteiger partial charge is 0.395 e. The van der Waals surface area contributed by atoms with Crippen molar-refractivity contribution in [1.29, 1.82) is 0 Å². The first-order valence-corrected chi connectivity index (χ1v) is 5.65. The summed E-state index contributed by atoms with van der Waals surface area (Å²) in [5.41, 5.74) is 4.69. The number of carbonyl (C=O) groups excluding carboxylic acids is 1. The number of aliphatic hydroxyl groups is 1. The Hall–Kier alpha value is -1.60. The maximum Gasteiger partial charge on any atom is 0.416 e. The maximum atomic E-state index is 12.8. The summed E-state index contributed by atoms with van der Waals surface area (Å²) in [6.45, 7) is -0.188. The highest BCUT2D eigenvalue weighted by atomic mass is 19.4. The molecule has 1 atom stereocenters. The van der Waals surface area contributed by atoms with E-state index in [9.17, 15) is 18.0 Å². The highest BCUT2D eigenvalue weighted by Gasteiger charge is 2.34. The van der Waals surface area contributed by atoms with Gasteiger partial charge in [-0.3, -0.25) is 4.79 Å². The predicted octanol–water partition coefficient (Wildman–Crippen LogP) is 1.20. The van der Waals surface area contributed by atoms with Crippen molar-refractivity contribution in [3.63, 3.8) is 0 Å². The van der Waals surface area contributed by atoms with Crippen LogP contribution in [0.2, 0.25) is 0 Å². The van der Waals surface area contributed by atoms with Crippen molar-refractivity contribution in [2.24, 2.45) is 5.73 Å². The number of carbonyl (C=O) groups is 1. The van der Waals surface area contributed by atoms with E-state index in [2.05, 4.69) is 5.32 Å². The van der Waals surface area contributed by atoms with Gasteiger partial charge in [-0.1, -0.05) is 18.2 Å². The zero-order valence-corrected chi connectivity index (χ0v) is 10.1. The molecule has 0 radical (unpaired) electrons. The molecule has 7 heteroatoms. The lowest BCUT2D eigenvalue weighted by Gasteiger charge is -2.17. The lowest BCUT2D eigenvalue weighted by atomic mass is 9.98. The number of hydrogen-bond acceptors (Lipinski definition) is 3. The minimum atomic E-state index is -4.50. The molecule has 1 amide bonds. The standard InChI is InChI=1S/C12H15F3N2O2/c13-12(14,15)9-4-2-1-3-8(9)10(16)7-11(19)17-5-6-18/h1-4,10,18H,5-7,16H2,(H,17,19). The van der Waals surface area contributed by atoms with Crippen LogP contribution in [0.15, 0.2) is 24.3 Å². The minimum absolute atomic E-state index is 0.0481. The molecule has 0 aliphatic carbocycles. The van der Waals surface area contributed by atoms with Gasteiger partial charge in [0.2, 0.25) is 5.91 Å². The van der Waals surface area contributed by atoms with E-state index in [1.807, 2.05) is 0 Å². The molecule has 1 rings (SSSR count). The van der Waals surface area contributed by atoms with E-state index in [4.69, 9.17) is 10.8 Å². The summed E-state index contributed by atoms with van der Waals surface area (Å²) in [5.74, 6) is -0.501. The van der Waals surface area contributed by atoms with Gasteiger partial charge in [-0.15, -0.1) is 0 Å². The Morgan fingerprint density at radius 1 is 1.37 bits per heavy atom. The summed E-state index contributed by atoms with van der Waals surface area (Å²) < 4.78 is 38.3. The quantitative estimate of drug-likeness (QED) is 0.756. The van der Waals surface area contributed by atoms with Gasteiger partial charge in [0.05, 0.1) is 12.2 Å². The maximum absolute atomic E-state index is 12.8. The fraction of sp³-hybridized carbons (Fsp3) is 0.417. The molecule has 0 fully saturated rings. The molecule has 0 aromatic heterocycles. The Balaban J connectivity index is 2.82. The Kier molecular flexibility index (Phi) is 5.31. The van der Waals surface area contributed by atoms with Crippen LogP contribution >= 0.6 is 0 Å². The first kappa shape index (κ1) is 15.5. The van der Waals surface area contributed by atoms with Gasteiger partial charge in [0, 0.05) is 19.0 Å². The van der Waals surface area contributed by atoms with Gasteiger partial charge in [0.15, 0.2) is 0 Å². The van der Waals surface area contributed by atoms with E-state index in [1.54, 1.807) is 0 Å². The molecule has 0 heterocycles. The molecule has 0 saturated heterocycles. The average molecular weight is 276 g/mol. The molecule has 0 aliphatic heterocycles. The van der Waals surface area contributed by atoms with Crippen molar-refractivity contribution in [2.45, 2.75) is 18.6 Å². The van der Waals surface area contributed by atoms with Gasteiger partial charge >= 0.3 is 6.18 Å². The number of nitrogens with two attached hydrogens (primary N) is 1. The number of rotatable bonds is 5. The fourth-order valence-corrected chi connectivity index (χ4v) is 1.66. The number of aliphatic hydroxyl groups excluding tert-OH is 1. The molecule has 0 spiro atoms. The molecule has 1 aromatic carbocycles. The van der Waals surface area contributed by atoms with E-state index in [-0.39, 0.29) is 25.1 Å². The van der Waals surface area contributed by atoms with Crippen molar-refractivity contribution in [3.05, 3.63) is 35.4 Å². The second-order valence-corrected chi connectivity index (χ2v) is 3.97. The largest absolute Gasteiger partial charge is 0.416 e. The van der Waals surface area contributed by atoms with Crippen LogP contribution in [0.4, 0.5) is 13.2 Å². The molecule has 4 nitrogen and oxygen atoms in total. The van der Waals surface area contributed by atoms with Gasteiger partial charge in [0.1, 0.15) is 0 Å². The zero-order chi connectivity index (χ0) is 14.5. The van der Waals surface area contributed by atoms with E-state index < -0.39 is 23.7 Å². The first-order valence-electron chi connectivity index (χ1n) is 5.65. The highest BCUT2D eigenvalue weighted by Crippen LogP contribution is 2.34. The molecular weight excluding hydrogens is 261 g/mol. The molecule has 1 unspecified atom stereocenters. The van der Waals surface area contributed by atoms with Crippen molar-refractivity contribution < 1.29 is 23.1 Å². The second-order valence-electron chi connectivity index (χ2n) is 3.97. The molecular formula is C12H15F3N2O2. The molecule has 4 N–H and O–H groups in total. The monoisotopic (exact) mass is 276 g/mol. The van der Waals surface area contributed by atoms with E-state index in [0.29, 0.717) is 0 Å². The van der Waals surface area contributed by atoms with E-state index in [1.165, 1.54) is 18.2 Å². The number of halogens is 3. The number of benzene rings is 1. The topological polar surface area (TPSA) is 75.4 Å². The third kappa shape index (κ3) is 4.53. The Labute approximate surface area is 108 Å². The molecule has 106 valence electrons. The van der Waals surface area contributed by atoms with Gasteiger partial charge in [-0.25, -0.2) is 0 Å². The van der Waals surface area contributed by atoms with Crippen LogP contribution in [0, 0.1) is 0 Å². The van der Waals surface area contributed by atoms with Gasteiger partial charge < -0.3 is 16.2 Å². The normalized spacial score (nSPS) is 13.1. The third-order valence-corrected chi connectivity index (χ3v) is 2.50. The van der Waals surface area contributed by atoms with Crippen LogP contribution in [-0.2, 0) is 11.0 Å². The Morgan fingerprint density at radius 2 is 2.00 bits per heavy atom. The SMILES string of the molecule is NC(CC(=O)NCCO)c1ccccc1C(F)(F)F. The summed E-state index contributed by atoms with van der Waals surface area (Å²) in [4.78, 5) is 11.4. The number of nitrogens with one attached hydrogen (secondary N) is 1. The lowest BCUT2D eigenvalue weighted by Crippen LogP contribution is -2.30. The van der Waals surface area contributed by atoms with Crippen LogP contribution in [-0.4, -0.2) is 24.2 Å². The number of hydrogen-bond donors (Lipinski definition) is 3. The van der Waals surface area contributed by atoms with Crippen molar-refractivity contribution in [2.75, 3.05) is 13.2 Å². The van der Waals surface area contributed by atoms with Crippen molar-refractivity contribution in [1.82, 2.24) is 5.32 Å². The van der Waals surface area contributed by atoms with Gasteiger partial charge in [-0.2, -0.15) is 13.2 Å². The third-order valence-electron chi connectivity index (χ3n) is 2.50. The minimum Gasteiger partial charge on any atom is -0.395 e.